The third kappa shape index (κ3) is 4.73. The maximum Gasteiger partial charge on any atom is 0.265 e. The van der Waals surface area contributed by atoms with Gasteiger partial charge in [0.15, 0.2) is 5.65 Å². The Labute approximate surface area is 243 Å². The second-order valence-electron chi connectivity index (χ2n) is 9.36. The van der Waals surface area contributed by atoms with Crippen molar-refractivity contribution in [2.75, 3.05) is 5.73 Å². The Morgan fingerprint density at radius 2 is 1.93 bits per heavy atom. The highest BCUT2D eigenvalue weighted by Crippen LogP contribution is 2.37. The number of nitrogen functional groups attached to an aromatic ring is 1. The predicted molar refractivity (Wildman–Crippen MR) is 161 cm³/mol. The van der Waals surface area contributed by atoms with E-state index in [0.29, 0.717) is 49.3 Å². The molecule has 0 fully saturated rings. The van der Waals surface area contributed by atoms with Crippen molar-refractivity contribution >= 4 is 59.2 Å². The van der Waals surface area contributed by atoms with Gasteiger partial charge >= 0.3 is 0 Å². The van der Waals surface area contributed by atoms with Gasteiger partial charge in [0, 0.05) is 23.2 Å². The molecule has 4 heterocycles. The number of thiazole rings is 1. The number of pyridine rings is 1. The van der Waals surface area contributed by atoms with Gasteiger partial charge in [0.2, 0.25) is 6.36 Å². The number of alkyl halides is 1. The van der Waals surface area contributed by atoms with Crippen LogP contribution in [0.15, 0.2) is 65.0 Å². The number of hydrogen-bond acceptors (Lipinski definition) is 7. The number of hydrogen-bond donors (Lipinski definition) is 1. The van der Waals surface area contributed by atoms with Crippen LogP contribution in [0.25, 0.3) is 38.2 Å². The third-order valence-electron chi connectivity index (χ3n) is 6.72. The first kappa shape index (κ1) is 27.3. The number of nitrogens with two attached hydrogens (primary N) is 1. The van der Waals surface area contributed by atoms with Crippen LogP contribution in [-0.4, -0.2) is 30.5 Å². The number of benzene rings is 2. The van der Waals surface area contributed by atoms with E-state index >= 15 is 0 Å². The summed E-state index contributed by atoms with van der Waals surface area (Å²) in [6.45, 7) is 3.18. The minimum absolute atomic E-state index is 0.220. The Morgan fingerprint density at radius 3 is 2.66 bits per heavy atom. The fourth-order valence-electron chi connectivity index (χ4n) is 4.90. The zero-order valence-electron chi connectivity index (χ0n) is 21.7. The summed E-state index contributed by atoms with van der Waals surface area (Å²) >= 11 is 7.67. The number of halogens is 3. The van der Waals surface area contributed by atoms with Gasteiger partial charge in [-0.1, -0.05) is 23.7 Å². The van der Waals surface area contributed by atoms with Gasteiger partial charge in [0.1, 0.15) is 39.4 Å². The summed E-state index contributed by atoms with van der Waals surface area (Å²) in [7, 11) is 2.53. The van der Waals surface area contributed by atoms with E-state index in [1.165, 1.54) is 41.1 Å². The van der Waals surface area contributed by atoms with Crippen molar-refractivity contribution in [3.63, 3.8) is 0 Å². The molecule has 2 aromatic carbocycles. The molecule has 0 saturated carbocycles. The highest BCUT2D eigenvalue weighted by molar-refractivity contribution is 7.27. The summed E-state index contributed by atoms with van der Waals surface area (Å²) in [4.78, 5) is 23.1. The first-order valence-electron chi connectivity index (χ1n) is 12.4. The minimum atomic E-state index is -1.47. The Kier molecular flexibility index (Phi) is 6.97. The SMILES string of the molecule is CC(F)Oc1ccc(-c2nn([C@@H](C)c3cc4scc(Cl)n4c(=O)c3-c3cccc(F)c3)c3ncnc(N)c23)cc1P. The molecule has 3 atom stereocenters. The smallest absolute Gasteiger partial charge is 0.265 e. The Balaban J connectivity index is 1.59. The molecule has 0 radical (unpaired) electrons. The summed E-state index contributed by atoms with van der Waals surface area (Å²) in [5.41, 5.74) is 8.86. The molecular weight excluding hydrogens is 589 g/mol. The first-order valence-corrected chi connectivity index (χ1v) is 14.3. The number of anilines is 1. The molecule has 0 aliphatic rings. The molecule has 0 spiro atoms. The molecule has 0 aliphatic heterocycles. The number of rotatable bonds is 6. The molecule has 6 rings (SSSR count). The van der Waals surface area contributed by atoms with E-state index in [4.69, 9.17) is 27.2 Å². The zero-order chi connectivity index (χ0) is 29.0. The van der Waals surface area contributed by atoms with E-state index in [9.17, 15) is 13.6 Å². The van der Waals surface area contributed by atoms with Crippen molar-refractivity contribution in [1.29, 1.82) is 0 Å². The summed E-state index contributed by atoms with van der Waals surface area (Å²) in [5.74, 6) is 0.118. The molecular formula is C28H22ClF2N6O2PS. The standard InChI is InChI=1S/C28H22ClF2N6O2PS/c1-13(18-10-22-36(21(29)11-41-22)28(38)23(18)15-4-3-5-17(31)8-15)37-27-24(26(32)33-12-34-27)25(35-37)16-6-7-19(20(40)9-16)39-14(2)30/h3-14H,40H2,1-2H3,(H2,32,33,34)/t13-,14?/m0/s1. The molecule has 41 heavy (non-hydrogen) atoms. The van der Waals surface area contributed by atoms with E-state index in [-0.39, 0.29) is 22.1 Å². The molecule has 208 valence electrons. The van der Waals surface area contributed by atoms with Crippen LogP contribution in [0.2, 0.25) is 5.15 Å². The van der Waals surface area contributed by atoms with Gasteiger partial charge in [-0.05, 0) is 54.4 Å². The first-order chi connectivity index (χ1) is 19.6. The second-order valence-corrected chi connectivity index (χ2v) is 11.3. The average Bonchev–Trinajstić information content (AvgIpc) is 3.51. The van der Waals surface area contributed by atoms with Gasteiger partial charge in [-0.25, -0.2) is 23.4 Å². The highest BCUT2D eigenvalue weighted by atomic mass is 35.5. The number of nitrogens with zero attached hydrogens (tertiary/aromatic N) is 5. The molecule has 0 amide bonds. The number of ether oxygens (including phenoxy) is 1. The van der Waals surface area contributed by atoms with Crippen molar-refractivity contribution in [3.05, 3.63) is 87.1 Å². The van der Waals surface area contributed by atoms with Crippen LogP contribution in [0, 0.1) is 5.82 Å². The van der Waals surface area contributed by atoms with Gasteiger partial charge in [-0.2, -0.15) is 5.10 Å². The van der Waals surface area contributed by atoms with E-state index in [0.717, 1.165) is 0 Å². The summed E-state index contributed by atoms with van der Waals surface area (Å²) in [6, 6.07) is 12.3. The maximum absolute atomic E-state index is 14.3. The summed E-state index contributed by atoms with van der Waals surface area (Å²) < 4.78 is 36.1. The summed E-state index contributed by atoms with van der Waals surface area (Å²) in [5, 5.41) is 7.98. The fraction of sp³-hybridized carbons (Fsp3) is 0.143. The van der Waals surface area contributed by atoms with E-state index in [2.05, 4.69) is 19.2 Å². The molecule has 8 nitrogen and oxygen atoms in total. The lowest BCUT2D eigenvalue weighted by molar-refractivity contribution is 0.0873. The molecule has 4 aromatic heterocycles. The van der Waals surface area contributed by atoms with E-state index < -0.39 is 18.2 Å². The Morgan fingerprint density at radius 1 is 1.12 bits per heavy atom. The van der Waals surface area contributed by atoms with Gasteiger partial charge in [-0.15, -0.1) is 20.6 Å². The van der Waals surface area contributed by atoms with Gasteiger partial charge in [-0.3, -0.25) is 9.20 Å². The Hall–Kier alpha value is -3.92. The lowest BCUT2D eigenvalue weighted by Crippen LogP contribution is -2.20. The van der Waals surface area contributed by atoms with Crippen molar-refractivity contribution in [2.24, 2.45) is 0 Å². The minimum Gasteiger partial charge on any atom is -0.460 e. The summed E-state index contributed by atoms with van der Waals surface area (Å²) in [6.07, 6.45) is -0.130. The van der Waals surface area contributed by atoms with Gasteiger partial charge in [0.25, 0.3) is 5.56 Å². The number of fused-ring (bicyclic) bond motifs is 2. The number of aromatic nitrogens is 5. The van der Waals surface area contributed by atoms with Gasteiger partial charge < -0.3 is 10.5 Å². The normalized spacial score (nSPS) is 13.1. The van der Waals surface area contributed by atoms with Crippen LogP contribution < -0.4 is 21.3 Å². The average molecular weight is 611 g/mol. The Bertz CT molecular complexity index is 2030. The van der Waals surface area contributed by atoms with E-state index in [1.807, 2.05) is 13.0 Å². The van der Waals surface area contributed by atoms with Crippen LogP contribution in [0.5, 0.6) is 5.75 Å². The second kappa shape index (κ2) is 10.5. The third-order valence-corrected chi connectivity index (χ3v) is 8.46. The molecule has 13 heteroatoms. The molecule has 2 N–H and O–H groups in total. The predicted octanol–water partition coefficient (Wildman–Crippen LogP) is 6.01. The van der Waals surface area contributed by atoms with Crippen molar-refractivity contribution in [2.45, 2.75) is 26.2 Å². The topological polar surface area (TPSA) is 100 Å². The van der Waals surface area contributed by atoms with Crippen LogP contribution >= 0.6 is 32.2 Å². The van der Waals surface area contributed by atoms with Crippen LogP contribution in [0.3, 0.4) is 0 Å². The highest BCUT2D eigenvalue weighted by Gasteiger charge is 2.26. The molecule has 6 aromatic rings. The molecule has 0 aliphatic carbocycles. The lowest BCUT2D eigenvalue weighted by Gasteiger charge is -2.18. The largest absolute Gasteiger partial charge is 0.460 e. The van der Waals surface area contributed by atoms with E-state index in [1.54, 1.807) is 40.4 Å². The van der Waals surface area contributed by atoms with Crippen molar-refractivity contribution < 1.29 is 13.5 Å². The molecule has 0 saturated heterocycles. The van der Waals surface area contributed by atoms with Crippen LogP contribution in [-0.2, 0) is 0 Å². The molecule has 2 unspecified atom stereocenters. The lowest BCUT2D eigenvalue weighted by atomic mass is 9.97. The molecule has 0 bridgehead atoms. The van der Waals surface area contributed by atoms with Crippen LogP contribution in [0.4, 0.5) is 14.6 Å². The van der Waals surface area contributed by atoms with Gasteiger partial charge in [0.05, 0.1) is 17.0 Å². The maximum atomic E-state index is 14.3. The van der Waals surface area contributed by atoms with Crippen LogP contribution in [0.1, 0.15) is 25.5 Å². The van der Waals surface area contributed by atoms with Crippen molar-refractivity contribution in [3.8, 4) is 28.1 Å². The monoisotopic (exact) mass is 610 g/mol. The van der Waals surface area contributed by atoms with Crippen molar-refractivity contribution in [1.82, 2.24) is 24.1 Å². The fourth-order valence-corrected chi connectivity index (χ4v) is 6.40. The zero-order valence-corrected chi connectivity index (χ0v) is 24.4. The quantitative estimate of drug-likeness (QED) is 0.232.